The summed E-state index contributed by atoms with van der Waals surface area (Å²) in [6.07, 6.45) is 4.20. The number of hydrogen-bond acceptors (Lipinski definition) is 4. The molecule has 2 N–H and O–H groups in total. The van der Waals surface area contributed by atoms with E-state index in [9.17, 15) is 9.90 Å². The van der Waals surface area contributed by atoms with Gasteiger partial charge in [0.15, 0.2) is 0 Å². The third-order valence-electron chi connectivity index (χ3n) is 3.50. The minimum absolute atomic E-state index is 0.00823. The molecule has 1 amide bonds. The van der Waals surface area contributed by atoms with Crippen molar-refractivity contribution in [3.05, 3.63) is 24.2 Å². The largest absolute Gasteiger partial charge is 0.467 e. The van der Waals surface area contributed by atoms with Crippen LogP contribution in [0.3, 0.4) is 0 Å². The van der Waals surface area contributed by atoms with Gasteiger partial charge < -0.3 is 14.8 Å². The highest BCUT2D eigenvalue weighted by molar-refractivity contribution is 5.78. The maximum Gasteiger partial charge on any atom is 0.234 e. The zero-order chi connectivity index (χ0) is 13.7. The lowest BCUT2D eigenvalue weighted by atomic mass is 10.1. The summed E-state index contributed by atoms with van der Waals surface area (Å²) < 4.78 is 5.17. The molecule has 1 aliphatic heterocycles. The van der Waals surface area contributed by atoms with Crippen LogP contribution in [-0.4, -0.2) is 41.1 Å². The van der Waals surface area contributed by atoms with Crippen LogP contribution in [-0.2, 0) is 11.3 Å². The Morgan fingerprint density at radius 1 is 1.68 bits per heavy atom. The van der Waals surface area contributed by atoms with Gasteiger partial charge in [0.1, 0.15) is 5.76 Å². The van der Waals surface area contributed by atoms with Gasteiger partial charge >= 0.3 is 0 Å². The van der Waals surface area contributed by atoms with Crippen LogP contribution in [0.25, 0.3) is 0 Å². The summed E-state index contributed by atoms with van der Waals surface area (Å²) in [7, 11) is 0. The molecule has 1 aromatic heterocycles. The van der Waals surface area contributed by atoms with Gasteiger partial charge in [0.25, 0.3) is 0 Å². The molecule has 2 unspecified atom stereocenters. The molecule has 0 spiro atoms. The fourth-order valence-corrected chi connectivity index (χ4v) is 2.60. The molecule has 0 bridgehead atoms. The van der Waals surface area contributed by atoms with Crippen molar-refractivity contribution in [2.24, 2.45) is 0 Å². The Kier molecular flexibility index (Phi) is 4.99. The van der Waals surface area contributed by atoms with E-state index in [1.54, 1.807) is 19.3 Å². The molecule has 1 aromatic rings. The van der Waals surface area contributed by atoms with Crippen LogP contribution in [0.15, 0.2) is 22.8 Å². The summed E-state index contributed by atoms with van der Waals surface area (Å²) in [5.41, 5.74) is 0. The first-order chi connectivity index (χ1) is 9.15. The number of carbonyl (C=O) groups excluding carboxylic acids is 1. The normalized spacial score (nSPS) is 21.5. The molecule has 5 heteroatoms. The highest BCUT2D eigenvalue weighted by Crippen LogP contribution is 2.20. The van der Waals surface area contributed by atoms with Gasteiger partial charge in [0.05, 0.1) is 25.5 Å². The van der Waals surface area contributed by atoms with Crippen molar-refractivity contribution in [3.63, 3.8) is 0 Å². The Bertz CT molecular complexity index is 389. The number of rotatable bonds is 6. The Morgan fingerprint density at radius 3 is 3.21 bits per heavy atom. The zero-order valence-electron chi connectivity index (χ0n) is 11.3. The third-order valence-corrected chi connectivity index (χ3v) is 3.50. The molecule has 2 heterocycles. The Morgan fingerprint density at radius 2 is 2.53 bits per heavy atom. The van der Waals surface area contributed by atoms with E-state index in [1.807, 2.05) is 6.07 Å². The Balaban J connectivity index is 1.74. The SMILES string of the molecule is CC(O)CC1CCCN1CC(=O)NCc1ccco1. The average molecular weight is 266 g/mol. The number of nitrogens with zero attached hydrogens (tertiary/aromatic N) is 1. The second-order valence-corrected chi connectivity index (χ2v) is 5.21. The van der Waals surface area contributed by atoms with Crippen LogP contribution in [0.2, 0.25) is 0 Å². The molecular weight excluding hydrogens is 244 g/mol. The summed E-state index contributed by atoms with van der Waals surface area (Å²) >= 11 is 0. The lowest BCUT2D eigenvalue weighted by Gasteiger charge is -2.24. The molecule has 1 saturated heterocycles. The van der Waals surface area contributed by atoms with Crippen molar-refractivity contribution in [2.45, 2.75) is 44.9 Å². The van der Waals surface area contributed by atoms with Crippen LogP contribution in [0, 0.1) is 0 Å². The minimum atomic E-state index is -0.309. The summed E-state index contributed by atoms with van der Waals surface area (Å²) in [4.78, 5) is 14.0. The molecule has 0 aliphatic carbocycles. The van der Waals surface area contributed by atoms with E-state index in [-0.39, 0.29) is 12.0 Å². The second kappa shape index (κ2) is 6.73. The number of aliphatic hydroxyl groups excluding tert-OH is 1. The van der Waals surface area contributed by atoms with E-state index in [1.165, 1.54) is 0 Å². The number of amides is 1. The first kappa shape index (κ1) is 14.1. The Labute approximate surface area is 113 Å². The van der Waals surface area contributed by atoms with E-state index in [4.69, 9.17) is 4.42 Å². The number of hydrogen-bond donors (Lipinski definition) is 2. The topological polar surface area (TPSA) is 65.7 Å². The quantitative estimate of drug-likeness (QED) is 0.810. The molecule has 0 aromatic carbocycles. The van der Waals surface area contributed by atoms with Crippen molar-refractivity contribution < 1.29 is 14.3 Å². The minimum Gasteiger partial charge on any atom is -0.467 e. The number of aliphatic hydroxyl groups is 1. The number of nitrogens with one attached hydrogen (secondary N) is 1. The van der Waals surface area contributed by atoms with E-state index >= 15 is 0 Å². The van der Waals surface area contributed by atoms with Crippen LogP contribution >= 0.6 is 0 Å². The summed E-state index contributed by atoms with van der Waals surface area (Å²) in [6, 6.07) is 3.97. The second-order valence-electron chi connectivity index (χ2n) is 5.21. The number of likely N-dealkylation sites (tertiary alicyclic amines) is 1. The molecule has 5 nitrogen and oxygen atoms in total. The molecule has 106 valence electrons. The van der Waals surface area contributed by atoms with Gasteiger partial charge in [-0.15, -0.1) is 0 Å². The van der Waals surface area contributed by atoms with Gasteiger partial charge in [-0.1, -0.05) is 0 Å². The first-order valence-electron chi connectivity index (χ1n) is 6.86. The maximum absolute atomic E-state index is 11.9. The van der Waals surface area contributed by atoms with Crippen LogP contribution < -0.4 is 5.32 Å². The summed E-state index contributed by atoms with van der Waals surface area (Å²) in [6.45, 7) is 3.57. The fraction of sp³-hybridized carbons (Fsp3) is 0.643. The van der Waals surface area contributed by atoms with E-state index in [0.717, 1.165) is 31.6 Å². The number of carbonyl (C=O) groups is 1. The maximum atomic E-state index is 11.9. The molecule has 2 rings (SSSR count). The van der Waals surface area contributed by atoms with Gasteiger partial charge in [-0.3, -0.25) is 9.69 Å². The predicted octanol–water partition coefficient (Wildman–Crippen LogP) is 1.13. The molecule has 19 heavy (non-hydrogen) atoms. The van der Waals surface area contributed by atoms with Gasteiger partial charge in [-0.05, 0) is 44.9 Å². The first-order valence-corrected chi connectivity index (χ1v) is 6.86. The standard InChI is InChI=1S/C14H22N2O3/c1-11(17)8-12-4-2-6-16(12)10-14(18)15-9-13-5-3-7-19-13/h3,5,7,11-12,17H,2,4,6,8-10H2,1H3,(H,15,18). The van der Waals surface area contributed by atoms with Crippen molar-refractivity contribution >= 4 is 5.91 Å². The third kappa shape index (κ3) is 4.36. The molecule has 0 radical (unpaired) electrons. The summed E-state index contributed by atoms with van der Waals surface area (Å²) in [5, 5.41) is 12.3. The molecule has 1 fully saturated rings. The smallest absolute Gasteiger partial charge is 0.234 e. The fourth-order valence-electron chi connectivity index (χ4n) is 2.60. The monoisotopic (exact) mass is 266 g/mol. The molecule has 1 aliphatic rings. The summed E-state index contributed by atoms with van der Waals surface area (Å²) in [5.74, 6) is 0.768. The van der Waals surface area contributed by atoms with Crippen LogP contribution in [0.1, 0.15) is 31.9 Å². The zero-order valence-corrected chi connectivity index (χ0v) is 11.3. The Hall–Kier alpha value is -1.33. The number of furan rings is 1. The van der Waals surface area contributed by atoms with Crippen molar-refractivity contribution in [1.29, 1.82) is 0 Å². The van der Waals surface area contributed by atoms with E-state index < -0.39 is 0 Å². The lowest BCUT2D eigenvalue weighted by Crippen LogP contribution is -2.40. The van der Waals surface area contributed by atoms with Gasteiger partial charge in [-0.2, -0.15) is 0 Å². The van der Waals surface area contributed by atoms with Crippen LogP contribution in [0.5, 0.6) is 0 Å². The average Bonchev–Trinajstić information content (AvgIpc) is 2.98. The lowest BCUT2D eigenvalue weighted by molar-refractivity contribution is -0.122. The highest BCUT2D eigenvalue weighted by atomic mass is 16.3. The van der Waals surface area contributed by atoms with E-state index in [0.29, 0.717) is 19.1 Å². The van der Waals surface area contributed by atoms with Gasteiger partial charge in [0.2, 0.25) is 5.91 Å². The predicted molar refractivity (Wildman–Crippen MR) is 71.4 cm³/mol. The van der Waals surface area contributed by atoms with Crippen molar-refractivity contribution in [3.8, 4) is 0 Å². The molecule has 0 saturated carbocycles. The molecular formula is C14H22N2O3. The van der Waals surface area contributed by atoms with Crippen LogP contribution in [0.4, 0.5) is 0 Å². The van der Waals surface area contributed by atoms with Crippen molar-refractivity contribution in [2.75, 3.05) is 13.1 Å². The van der Waals surface area contributed by atoms with E-state index in [2.05, 4.69) is 10.2 Å². The highest BCUT2D eigenvalue weighted by Gasteiger charge is 2.26. The molecule has 2 atom stereocenters. The van der Waals surface area contributed by atoms with Gasteiger partial charge in [0, 0.05) is 6.04 Å². The van der Waals surface area contributed by atoms with Crippen molar-refractivity contribution in [1.82, 2.24) is 10.2 Å². The van der Waals surface area contributed by atoms with Gasteiger partial charge in [-0.25, -0.2) is 0 Å².